The van der Waals surface area contributed by atoms with Gasteiger partial charge in [0.05, 0.1) is 5.01 Å². The van der Waals surface area contributed by atoms with Crippen LogP contribution in [0.5, 0.6) is 0 Å². The fourth-order valence-electron chi connectivity index (χ4n) is 1.71. The smallest absolute Gasteiger partial charge is 0.0925 e. The van der Waals surface area contributed by atoms with E-state index in [1.807, 2.05) is 12.3 Å². The van der Waals surface area contributed by atoms with Crippen molar-refractivity contribution in [1.82, 2.24) is 10.3 Å². The van der Waals surface area contributed by atoms with Crippen molar-refractivity contribution in [3.05, 3.63) is 52.0 Å². The van der Waals surface area contributed by atoms with Crippen molar-refractivity contribution in [3.8, 4) is 0 Å². The van der Waals surface area contributed by atoms with Crippen LogP contribution in [0.1, 0.15) is 35.3 Å². The second-order valence-electron chi connectivity index (χ2n) is 4.09. The van der Waals surface area contributed by atoms with E-state index in [0.717, 1.165) is 13.0 Å². The highest BCUT2D eigenvalue weighted by Gasteiger charge is 2.05. The lowest BCUT2D eigenvalue weighted by molar-refractivity contribution is 0.578. The number of rotatable bonds is 5. The highest BCUT2D eigenvalue weighted by molar-refractivity contribution is 7.11. The number of hydrogen-bond acceptors (Lipinski definition) is 3. The fourth-order valence-corrected chi connectivity index (χ4v) is 2.52. The lowest BCUT2D eigenvalue weighted by atomic mass is 10.1. The van der Waals surface area contributed by atoms with Crippen LogP contribution in [0.2, 0.25) is 0 Å². The number of nitrogens with one attached hydrogen (secondary N) is 1. The summed E-state index contributed by atoms with van der Waals surface area (Å²) < 4.78 is 0. The van der Waals surface area contributed by atoms with Gasteiger partial charge < -0.3 is 5.32 Å². The van der Waals surface area contributed by atoms with Crippen LogP contribution in [-0.2, 0) is 13.0 Å². The van der Waals surface area contributed by atoms with Gasteiger partial charge in [-0.3, -0.25) is 0 Å². The Labute approximate surface area is 107 Å². The van der Waals surface area contributed by atoms with Gasteiger partial charge in [-0.15, -0.1) is 11.3 Å². The van der Waals surface area contributed by atoms with Crippen LogP contribution < -0.4 is 5.32 Å². The van der Waals surface area contributed by atoms with E-state index in [4.69, 9.17) is 0 Å². The molecule has 1 aromatic heterocycles. The second-order valence-corrected chi connectivity index (χ2v) is 5.29. The maximum Gasteiger partial charge on any atom is 0.0925 e. The van der Waals surface area contributed by atoms with E-state index < -0.39 is 0 Å². The molecule has 1 unspecified atom stereocenters. The van der Waals surface area contributed by atoms with Crippen molar-refractivity contribution in [2.45, 2.75) is 32.9 Å². The Hall–Kier alpha value is -1.19. The van der Waals surface area contributed by atoms with Gasteiger partial charge in [-0.1, -0.05) is 37.3 Å². The molecular formula is C14H18N2S. The first-order valence-electron chi connectivity index (χ1n) is 6.01. The number of aryl methyl sites for hydroxylation is 1. The normalized spacial score (nSPS) is 12.6. The molecule has 0 saturated heterocycles. The summed E-state index contributed by atoms with van der Waals surface area (Å²) in [6.45, 7) is 5.23. The number of benzene rings is 1. The minimum Gasteiger partial charge on any atom is -0.305 e. The van der Waals surface area contributed by atoms with Gasteiger partial charge >= 0.3 is 0 Å². The minimum atomic E-state index is 0.378. The zero-order valence-electron chi connectivity index (χ0n) is 10.3. The number of aromatic nitrogens is 1. The Morgan fingerprint density at radius 3 is 2.71 bits per heavy atom. The quantitative estimate of drug-likeness (QED) is 0.872. The van der Waals surface area contributed by atoms with Crippen molar-refractivity contribution < 1.29 is 0 Å². The largest absolute Gasteiger partial charge is 0.305 e. The molecule has 2 nitrogen and oxygen atoms in total. The number of thiazole rings is 1. The predicted octanol–water partition coefficient (Wildman–Crippen LogP) is 3.56. The average Bonchev–Trinajstić information content (AvgIpc) is 2.85. The highest BCUT2D eigenvalue weighted by atomic mass is 32.1. The molecule has 2 aromatic rings. The molecule has 1 aromatic carbocycles. The van der Waals surface area contributed by atoms with Crippen LogP contribution in [-0.4, -0.2) is 4.98 Å². The van der Waals surface area contributed by atoms with Gasteiger partial charge in [0.2, 0.25) is 0 Å². The Bertz CT molecular complexity index is 450. The molecule has 17 heavy (non-hydrogen) atoms. The van der Waals surface area contributed by atoms with E-state index in [0.29, 0.717) is 6.04 Å². The van der Waals surface area contributed by atoms with Crippen molar-refractivity contribution in [2.24, 2.45) is 0 Å². The van der Waals surface area contributed by atoms with Gasteiger partial charge in [0, 0.05) is 23.7 Å². The molecule has 3 heteroatoms. The van der Waals surface area contributed by atoms with Crippen LogP contribution in [0.4, 0.5) is 0 Å². The topological polar surface area (TPSA) is 24.9 Å². The van der Waals surface area contributed by atoms with Crippen LogP contribution in [0.15, 0.2) is 36.5 Å². The molecule has 0 aliphatic carbocycles. The van der Waals surface area contributed by atoms with Gasteiger partial charge in [0.15, 0.2) is 0 Å². The Kier molecular flexibility index (Phi) is 4.29. The van der Waals surface area contributed by atoms with E-state index in [2.05, 4.69) is 48.4 Å². The monoisotopic (exact) mass is 246 g/mol. The summed E-state index contributed by atoms with van der Waals surface area (Å²) in [4.78, 5) is 5.67. The molecule has 0 aliphatic heterocycles. The van der Waals surface area contributed by atoms with E-state index in [9.17, 15) is 0 Å². The number of nitrogens with zero attached hydrogens (tertiary/aromatic N) is 1. The lowest BCUT2D eigenvalue weighted by Gasteiger charge is -2.12. The standard InChI is InChI=1S/C14H18N2S/c1-3-14-16-10-13(17-14)9-15-11(2)12-7-5-4-6-8-12/h4-8,10-11,15H,3,9H2,1-2H3. The molecule has 1 N–H and O–H groups in total. The summed E-state index contributed by atoms with van der Waals surface area (Å²) in [6, 6.07) is 10.9. The van der Waals surface area contributed by atoms with Crippen LogP contribution in [0.25, 0.3) is 0 Å². The Morgan fingerprint density at radius 2 is 2.06 bits per heavy atom. The highest BCUT2D eigenvalue weighted by Crippen LogP contribution is 2.16. The first-order valence-corrected chi connectivity index (χ1v) is 6.83. The molecule has 0 aliphatic rings. The van der Waals surface area contributed by atoms with E-state index in [1.165, 1.54) is 15.4 Å². The number of hydrogen-bond donors (Lipinski definition) is 1. The third-order valence-electron chi connectivity index (χ3n) is 2.79. The average molecular weight is 246 g/mol. The van der Waals surface area contributed by atoms with Crippen LogP contribution in [0, 0.1) is 0 Å². The molecule has 90 valence electrons. The summed E-state index contributed by atoms with van der Waals surface area (Å²) in [5, 5.41) is 4.74. The maximum absolute atomic E-state index is 4.36. The first-order chi connectivity index (χ1) is 8.29. The first kappa shape index (κ1) is 12.3. The van der Waals surface area contributed by atoms with E-state index >= 15 is 0 Å². The van der Waals surface area contributed by atoms with Gasteiger partial charge in [0.1, 0.15) is 0 Å². The maximum atomic E-state index is 4.36. The molecule has 0 amide bonds. The third kappa shape index (κ3) is 3.38. The summed E-state index contributed by atoms with van der Waals surface area (Å²) in [6.07, 6.45) is 3.01. The van der Waals surface area contributed by atoms with Crippen molar-refractivity contribution in [1.29, 1.82) is 0 Å². The summed E-state index contributed by atoms with van der Waals surface area (Å²) >= 11 is 1.80. The summed E-state index contributed by atoms with van der Waals surface area (Å²) in [5.74, 6) is 0. The Morgan fingerprint density at radius 1 is 1.29 bits per heavy atom. The molecule has 0 radical (unpaired) electrons. The molecule has 0 saturated carbocycles. The zero-order chi connectivity index (χ0) is 12.1. The molecule has 0 spiro atoms. The van der Waals surface area contributed by atoms with E-state index in [-0.39, 0.29) is 0 Å². The zero-order valence-corrected chi connectivity index (χ0v) is 11.1. The third-order valence-corrected chi connectivity index (χ3v) is 3.93. The fraction of sp³-hybridized carbons (Fsp3) is 0.357. The minimum absolute atomic E-state index is 0.378. The molecule has 1 atom stereocenters. The summed E-state index contributed by atoms with van der Waals surface area (Å²) in [5.41, 5.74) is 1.33. The summed E-state index contributed by atoms with van der Waals surface area (Å²) in [7, 11) is 0. The lowest BCUT2D eigenvalue weighted by Crippen LogP contribution is -2.17. The van der Waals surface area contributed by atoms with Gasteiger partial charge in [-0.25, -0.2) is 4.98 Å². The molecular weight excluding hydrogens is 228 g/mol. The SMILES string of the molecule is CCc1ncc(CNC(C)c2ccccc2)s1. The van der Waals surface area contributed by atoms with Gasteiger partial charge in [-0.2, -0.15) is 0 Å². The van der Waals surface area contributed by atoms with Gasteiger partial charge in [0.25, 0.3) is 0 Å². The van der Waals surface area contributed by atoms with Crippen LogP contribution in [0.3, 0.4) is 0 Å². The molecule has 0 fully saturated rings. The van der Waals surface area contributed by atoms with Crippen LogP contribution >= 0.6 is 11.3 Å². The van der Waals surface area contributed by atoms with E-state index in [1.54, 1.807) is 11.3 Å². The van der Waals surface area contributed by atoms with Crippen molar-refractivity contribution in [2.75, 3.05) is 0 Å². The second kappa shape index (κ2) is 5.94. The van der Waals surface area contributed by atoms with Gasteiger partial charge in [-0.05, 0) is 18.9 Å². The molecule has 2 rings (SSSR count). The van der Waals surface area contributed by atoms with Crippen molar-refractivity contribution in [3.63, 3.8) is 0 Å². The molecule has 0 bridgehead atoms. The van der Waals surface area contributed by atoms with Crippen molar-refractivity contribution >= 4 is 11.3 Å². The predicted molar refractivity (Wildman–Crippen MR) is 73.2 cm³/mol. The molecule has 1 heterocycles. The Balaban J connectivity index is 1.90.